The van der Waals surface area contributed by atoms with E-state index in [2.05, 4.69) is 31.5 Å². The summed E-state index contributed by atoms with van der Waals surface area (Å²) in [4.78, 5) is 17.0. The normalized spacial score (nSPS) is 10.3. The molecule has 2 N–H and O–H groups in total. The fourth-order valence-corrected chi connectivity index (χ4v) is 3.05. The molecule has 0 saturated carbocycles. The predicted molar refractivity (Wildman–Crippen MR) is 81.5 cm³/mol. The maximum Gasteiger partial charge on any atom is 0.255 e. The summed E-state index contributed by atoms with van der Waals surface area (Å²) in [7, 11) is 0. The van der Waals surface area contributed by atoms with Crippen molar-refractivity contribution in [2.24, 2.45) is 0 Å². The minimum atomic E-state index is -0.532. The molecule has 4 nitrogen and oxygen atoms in total. The van der Waals surface area contributed by atoms with Crippen molar-refractivity contribution in [3.63, 3.8) is 0 Å². The van der Waals surface area contributed by atoms with Crippen molar-refractivity contribution < 1.29 is 9.18 Å². The van der Waals surface area contributed by atoms with Gasteiger partial charge in [0.15, 0.2) is 0 Å². The highest BCUT2D eigenvalue weighted by atomic mass is 79.9. The Morgan fingerprint density at radius 3 is 2.95 bits per heavy atom. The van der Waals surface area contributed by atoms with Crippen LogP contribution in [-0.4, -0.2) is 17.4 Å². The highest BCUT2D eigenvalue weighted by Gasteiger charge is 2.13. The Kier molecular flexibility index (Phi) is 5.08. The van der Waals surface area contributed by atoms with Crippen LogP contribution in [0, 0.1) is 5.82 Å². The van der Waals surface area contributed by atoms with Gasteiger partial charge < -0.3 is 10.6 Å². The van der Waals surface area contributed by atoms with Gasteiger partial charge in [0.05, 0.1) is 22.1 Å². The van der Waals surface area contributed by atoms with Crippen LogP contribution in [0.25, 0.3) is 0 Å². The molecule has 20 heavy (non-hydrogen) atoms. The summed E-state index contributed by atoms with van der Waals surface area (Å²) in [6, 6.07) is 5.02. The van der Waals surface area contributed by atoms with E-state index in [9.17, 15) is 9.18 Å². The van der Waals surface area contributed by atoms with Gasteiger partial charge in [0, 0.05) is 11.4 Å². The van der Waals surface area contributed by atoms with Gasteiger partial charge in [-0.3, -0.25) is 4.79 Å². The van der Waals surface area contributed by atoms with Gasteiger partial charge in [-0.15, -0.1) is 11.3 Å². The van der Waals surface area contributed by atoms with Gasteiger partial charge in [-0.1, -0.05) is 0 Å². The van der Waals surface area contributed by atoms with Gasteiger partial charge in [0.25, 0.3) is 5.91 Å². The van der Waals surface area contributed by atoms with Crippen LogP contribution in [0.3, 0.4) is 0 Å². The largest absolute Gasteiger partial charge is 0.370 e. The first-order valence-electron chi connectivity index (χ1n) is 6.02. The lowest BCUT2D eigenvalue weighted by Gasteiger charge is -2.09. The number of hydrogen-bond donors (Lipinski definition) is 2. The van der Waals surface area contributed by atoms with Crippen molar-refractivity contribution in [3.8, 4) is 0 Å². The van der Waals surface area contributed by atoms with E-state index in [1.807, 2.05) is 19.1 Å². The summed E-state index contributed by atoms with van der Waals surface area (Å²) >= 11 is 4.90. The third-order valence-corrected chi connectivity index (χ3v) is 4.12. The molecule has 1 amide bonds. The topological polar surface area (TPSA) is 54.0 Å². The molecule has 0 bridgehead atoms. The first-order chi connectivity index (χ1) is 9.60. The molecule has 0 aliphatic heterocycles. The number of nitrogens with zero attached hydrogens (tertiary/aromatic N) is 1. The van der Waals surface area contributed by atoms with Crippen molar-refractivity contribution in [2.45, 2.75) is 13.5 Å². The molecule has 2 aromatic heterocycles. The number of anilines is 1. The number of carbonyl (C=O) groups excluding carboxylic acids is 1. The average Bonchev–Trinajstić information content (AvgIpc) is 2.84. The summed E-state index contributed by atoms with van der Waals surface area (Å²) in [5, 5.41) is 5.70. The highest BCUT2D eigenvalue weighted by Crippen LogP contribution is 2.22. The Balaban J connectivity index is 2.09. The Labute approximate surface area is 128 Å². The Bertz CT molecular complexity index is 617. The number of hydrogen-bond acceptors (Lipinski definition) is 4. The molecule has 0 aromatic carbocycles. The number of amides is 1. The third kappa shape index (κ3) is 3.77. The molecule has 0 fully saturated rings. The van der Waals surface area contributed by atoms with Crippen LogP contribution >= 0.6 is 27.3 Å². The maximum absolute atomic E-state index is 13.2. The smallest absolute Gasteiger partial charge is 0.255 e. The summed E-state index contributed by atoms with van der Waals surface area (Å²) in [5.74, 6) is -0.494. The summed E-state index contributed by atoms with van der Waals surface area (Å²) < 4.78 is 14.2. The average molecular weight is 358 g/mol. The molecular formula is C13H13BrFN3OS. The number of halogens is 2. The Morgan fingerprint density at radius 1 is 1.50 bits per heavy atom. The fraction of sp³-hybridized carbons (Fsp3) is 0.231. The molecule has 0 radical (unpaired) electrons. The van der Waals surface area contributed by atoms with Crippen molar-refractivity contribution in [1.29, 1.82) is 0 Å². The fourth-order valence-electron chi connectivity index (χ4n) is 1.63. The van der Waals surface area contributed by atoms with E-state index >= 15 is 0 Å². The molecule has 106 valence electrons. The van der Waals surface area contributed by atoms with Crippen LogP contribution in [0.2, 0.25) is 0 Å². The molecule has 0 aliphatic carbocycles. The van der Waals surface area contributed by atoms with Crippen LogP contribution < -0.4 is 10.6 Å². The second-order valence-electron chi connectivity index (χ2n) is 3.97. The number of nitrogens with one attached hydrogen (secondary N) is 2. The van der Waals surface area contributed by atoms with Crippen LogP contribution in [0.1, 0.15) is 22.2 Å². The van der Waals surface area contributed by atoms with Crippen molar-refractivity contribution in [3.05, 3.63) is 44.4 Å². The first kappa shape index (κ1) is 14.9. The Hall–Kier alpha value is -1.47. The molecule has 7 heteroatoms. The zero-order chi connectivity index (χ0) is 14.5. The Morgan fingerprint density at radius 2 is 2.30 bits per heavy atom. The van der Waals surface area contributed by atoms with E-state index < -0.39 is 5.82 Å². The predicted octanol–water partition coefficient (Wildman–Crippen LogP) is 3.41. The maximum atomic E-state index is 13.2. The second kappa shape index (κ2) is 6.81. The van der Waals surface area contributed by atoms with E-state index in [0.29, 0.717) is 18.9 Å². The molecule has 0 aliphatic rings. The first-order valence-corrected chi connectivity index (χ1v) is 7.63. The van der Waals surface area contributed by atoms with Gasteiger partial charge in [-0.05, 0) is 41.1 Å². The lowest BCUT2D eigenvalue weighted by atomic mass is 10.2. The molecule has 2 rings (SSSR count). The highest BCUT2D eigenvalue weighted by molar-refractivity contribution is 9.11. The third-order valence-electron chi connectivity index (χ3n) is 2.50. The zero-order valence-corrected chi connectivity index (χ0v) is 13.1. The van der Waals surface area contributed by atoms with Gasteiger partial charge in [0.2, 0.25) is 0 Å². The number of aromatic nitrogens is 1. The number of thiophene rings is 1. The van der Waals surface area contributed by atoms with Crippen LogP contribution in [0.5, 0.6) is 0 Å². The number of carbonyl (C=O) groups is 1. The van der Waals surface area contributed by atoms with Crippen molar-refractivity contribution >= 4 is 39.0 Å². The molecule has 0 atom stereocenters. The number of pyridine rings is 1. The zero-order valence-electron chi connectivity index (χ0n) is 10.7. The van der Waals surface area contributed by atoms with Crippen molar-refractivity contribution in [1.82, 2.24) is 10.3 Å². The lowest BCUT2D eigenvalue weighted by molar-refractivity contribution is 0.0951. The molecule has 0 spiro atoms. The SMILES string of the molecule is CCNc1ncc(F)cc1C(=O)NCc1ccc(Br)s1. The minimum Gasteiger partial charge on any atom is -0.370 e. The number of rotatable bonds is 5. The van der Waals surface area contributed by atoms with E-state index in [4.69, 9.17) is 0 Å². The quantitative estimate of drug-likeness (QED) is 0.861. The second-order valence-corrected chi connectivity index (χ2v) is 6.52. The molecule has 0 saturated heterocycles. The molecular weight excluding hydrogens is 345 g/mol. The van der Waals surface area contributed by atoms with Gasteiger partial charge in [0.1, 0.15) is 11.6 Å². The molecule has 2 aromatic rings. The van der Waals surface area contributed by atoms with E-state index in [-0.39, 0.29) is 11.5 Å². The van der Waals surface area contributed by atoms with Crippen molar-refractivity contribution in [2.75, 3.05) is 11.9 Å². The molecule has 0 unspecified atom stereocenters. The van der Waals surface area contributed by atoms with E-state index in [0.717, 1.165) is 14.9 Å². The van der Waals surface area contributed by atoms with E-state index in [1.165, 1.54) is 17.4 Å². The molecule has 2 heterocycles. The summed E-state index contributed by atoms with van der Waals surface area (Å²) in [5.41, 5.74) is 0.211. The van der Waals surface area contributed by atoms with Crippen LogP contribution in [0.4, 0.5) is 10.2 Å². The van der Waals surface area contributed by atoms with Gasteiger partial charge in [-0.25, -0.2) is 9.37 Å². The monoisotopic (exact) mass is 357 g/mol. The van der Waals surface area contributed by atoms with Gasteiger partial charge in [-0.2, -0.15) is 0 Å². The lowest BCUT2D eigenvalue weighted by Crippen LogP contribution is -2.24. The van der Waals surface area contributed by atoms with Crippen LogP contribution in [-0.2, 0) is 6.54 Å². The van der Waals surface area contributed by atoms with Crippen LogP contribution in [0.15, 0.2) is 28.2 Å². The summed E-state index contributed by atoms with van der Waals surface area (Å²) in [6.07, 6.45) is 1.09. The minimum absolute atomic E-state index is 0.211. The summed E-state index contributed by atoms with van der Waals surface area (Å²) in [6.45, 7) is 2.89. The van der Waals surface area contributed by atoms with Gasteiger partial charge >= 0.3 is 0 Å². The van der Waals surface area contributed by atoms with E-state index in [1.54, 1.807) is 0 Å². The standard InChI is InChI=1S/C13H13BrFN3OS/c1-2-16-12-10(5-8(15)6-17-12)13(19)18-7-9-3-4-11(14)20-9/h3-6H,2,7H2,1H3,(H,16,17)(H,18,19).